The van der Waals surface area contributed by atoms with Crippen LogP contribution in [0.1, 0.15) is 30.0 Å². The Morgan fingerprint density at radius 1 is 1.00 bits per heavy atom. The standard InChI is InChI=1S/C17H15Cl2F3/c1-3-4-11-7-10(2)14(9-15(11)17(20,21)22)13-6-5-12(18)8-16(13)19/h5-9H,3-4H2,1-2H3. The lowest BCUT2D eigenvalue weighted by Crippen LogP contribution is -2.10. The summed E-state index contributed by atoms with van der Waals surface area (Å²) in [5, 5.41) is 0.789. The Kier molecular flexibility index (Phi) is 5.08. The number of aryl methyl sites for hydroxylation is 2. The van der Waals surface area contributed by atoms with E-state index in [2.05, 4.69) is 0 Å². The third-order valence-corrected chi connectivity index (χ3v) is 4.04. The highest BCUT2D eigenvalue weighted by Gasteiger charge is 2.34. The summed E-state index contributed by atoms with van der Waals surface area (Å²) >= 11 is 12.0. The SMILES string of the molecule is CCCc1cc(C)c(-c2ccc(Cl)cc2Cl)cc1C(F)(F)F. The molecule has 0 spiro atoms. The van der Waals surface area contributed by atoms with Crippen molar-refractivity contribution in [3.05, 3.63) is 57.1 Å². The maximum Gasteiger partial charge on any atom is 0.416 e. The molecule has 22 heavy (non-hydrogen) atoms. The molecule has 0 aliphatic heterocycles. The van der Waals surface area contributed by atoms with E-state index in [1.54, 1.807) is 25.1 Å². The molecule has 2 aromatic rings. The van der Waals surface area contributed by atoms with Crippen molar-refractivity contribution in [1.82, 2.24) is 0 Å². The summed E-state index contributed by atoms with van der Waals surface area (Å²) < 4.78 is 39.9. The van der Waals surface area contributed by atoms with Crippen molar-refractivity contribution in [2.24, 2.45) is 0 Å². The van der Waals surface area contributed by atoms with Gasteiger partial charge in [-0.1, -0.05) is 48.7 Å². The third kappa shape index (κ3) is 3.58. The van der Waals surface area contributed by atoms with Gasteiger partial charge in [0.2, 0.25) is 0 Å². The average molecular weight is 347 g/mol. The fourth-order valence-corrected chi connectivity index (χ4v) is 3.02. The number of alkyl halides is 3. The molecule has 0 nitrogen and oxygen atoms in total. The van der Waals surface area contributed by atoms with Crippen molar-refractivity contribution in [2.45, 2.75) is 32.9 Å². The van der Waals surface area contributed by atoms with E-state index < -0.39 is 11.7 Å². The number of rotatable bonds is 3. The lowest BCUT2D eigenvalue weighted by atomic mass is 9.92. The Morgan fingerprint density at radius 3 is 2.23 bits per heavy atom. The minimum absolute atomic E-state index is 0.321. The van der Waals surface area contributed by atoms with Crippen molar-refractivity contribution >= 4 is 23.2 Å². The monoisotopic (exact) mass is 346 g/mol. The largest absolute Gasteiger partial charge is 0.416 e. The predicted octanol–water partition coefficient (Wildman–Crippen LogP) is 6.94. The summed E-state index contributed by atoms with van der Waals surface area (Å²) in [4.78, 5) is 0. The van der Waals surface area contributed by atoms with E-state index in [1.807, 2.05) is 6.92 Å². The van der Waals surface area contributed by atoms with Crippen LogP contribution >= 0.6 is 23.2 Å². The van der Waals surface area contributed by atoms with Gasteiger partial charge in [-0.2, -0.15) is 13.2 Å². The van der Waals surface area contributed by atoms with Crippen LogP contribution in [0.3, 0.4) is 0 Å². The van der Waals surface area contributed by atoms with Gasteiger partial charge >= 0.3 is 6.18 Å². The molecule has 0 aliphatic carbocycles. The normalized spacial score (nSPS) is 11.8. The van der Waals surface area contributed by atoms with Gasteiger partial charge < -0.3 is 0 Å². The molecular weight excluding hydrogens is 332 g/mol. The van der Waals surface area contributed by atoms with Crippen LogP contribution in [0.5, 0.6) is 0 Å². The molecule has 5 heteroatoms. The molecule has 118 valence electrons. The smallest absolute Gasteiger partial charge is 0.166 e. The molecule has 2 aromatic carbocycles. The van der Waals surface area contributed by atoms with Crippen LogP contribution in [0, 0.1) is 6.92 Å². The lowest BCUT2D eigenvalue weighted by molar-refractivity contribution is -0.138. The van der Waals surface area contributed by atoms with Crippen LogP contribution in [0.25, 0.3) is 11.1 Å². The number of hydrogen-bond donors (Lipinski definition) is 0. The van der Waals surface area contributed by atoms with Crippen molar-refractivity contribution in [2.75, 3.05) is 0 Å². The molecule has 2 rings (SSSR count). The Bertz CT molecular complexity index is 691. The summed E-state index contributed by atoms with van der Waals surface area (Å²) in [6.07, 6.45) is -3.33. The van der Waals surface area contributed by atoms with Gasteiger partial charge in [0.15, 0.2) is 0 Å². The Morgan fingerprint density at radius 2 is 1.68 bits per heavy atom. The molecule has 0 aromatic heterocycles. The molecule has 0 saturated carbocycles. The molecule has 0 heterocycles. The first-order chi connectivity index (χ1) is 10.2. The maximum atomic E-state index is 13.3. The van der Waals surface area contributed by atoms with Gasteiger partial charge in [-0.05, 0) is 48.2 Å². The molecule has 0 bridgehead atoms. The molecule has 0 unspecified atom stereocenters. The second kappa shape index (κ2) is 6.51. The molecular formula is C17H15Cl2F3. The quantitative estimate of drug-likeness (QED) is 0.564. The van der Waals surface area contributed by atoms with E-state index in [4.69, 9.17) is 23.2 Å². The number of benzene rings is 2. The zero-order chi connectivity index (χ0) is 16.5. The lowest BCUT2D eigenvalue weighted by Gasteiger charge is -2.17. The third-order valence-electron chi connectivity index (χ3n) is 3.50. The van der Waals surface area contributed by atoms with Crippen LogP contribution in [0.4, 0.5) is 13.2 Å². The first-order valence-corrected chi connectivity index (χ1v) is 7.65. The van der Waals surface area contributed by atoms with E-state index in [0.29, 0.717) is 39.6 Å². The van der Waals surface area contributed by atoms with Crippen molar-refractivity contribution in [1.29, 1.82) is 0 Å². The van der Waals surface area contributed by atoms with Gasteiger partial charge in [0.25, 0.3) is 0 Å². The zero-order valence-electron chi connectivity index (χ0n) is 12.2. The minimum Gasteiger partial charge on any atom is -0.166 e. The van der Waals surface area contributed by atoms with Crippen LogP contribution < -0.4 is 0 Å². The van der Waals surface area contributed by atoms with Crippen molar-refractivity contribution in [3.63, 3.8) is 0 Å². The molecule has 0 N–H and O–H groups in total. The average Bonchev–Trinajstić information content (AvgIpc) is 2.39. The van der Waals surface area contributed by atoms with Crippen LogP contribution in [-0.2, 0) is 12.6 Å². The summed E-state index contributed by atoms with van der Waals surface area (Å²) in [5.41, 5.74) is 1.52. The summed E-state index contributed by atoms with van der Waals surface area (Å²) in [6, 6.07) is 7.59. The van der Waals surface area contributed by atoms with E-state index in [-0.39, 0.29) is 0 Å². The highest BCUT2D eigenvalue weighted by molar-refractivity contribution is 6.36. The fourth-order valence-electron chi connectivity index (χ4n) is 2.51. The summed E-state index contributed by atoms with van der Waals surface area (Å²) in [5.74, 6) is 0. The van der Waals surface area contributed by atoms with Gasteiger partial charge in [0.1, 0.15) is 0 Å². The Hall–Kier alpha value is -1.19. The fraction of sp³-hybridized carbons (Fsp3) is 0.294. The van der Waals surface area contributed by atoms with E-state index >= 15 is 0 Å². The first-order valence-electron chi connectivity index (χ1n) is 6.90. The second-order valence-electron chi connectivity index (χ2n) is 5.20. The van der Waals surface area contributed by atoms with E-state index in [1.165, 1.54) is 12.1 Å². The van der Waals surface area contributed by atoms with Gasteiger partial charge in [-0.15, -0.1) is 0 Å². The molecule has 0 amide bonds. The first kappa shape index (κ1) is 17.2. The number of hydrogen-bond acceptors (Lipinski definition) is 0. The zero-order valence-corrected chi connectivity index (χ0v) is 13.7. The van der Waals surface area contributed by atoms with E-state index in [0.717, 1.165) is 5.56 Å². The topological polar surface area (TPSA) is 0 Å². The Labute approximate surface area is 137 Å². The van der Waals surface area contributed by atoms with E-state index in [9.17, 15) is 13.2 Å². The minimum atomic E-state index is -4.38. The van der Waals surface area contributed by atoms with Gasteiger partial charge in [0.05, 0.1) is 5.56 Å². The van der Waals surface area contributed by atoms with Crippen LogP contribution in [0.2, 0.25) is 10.0 Å². The molecule has 0 fully saturated rings. The van der Waals surface area contributed by atoms with Crippen LogP contribution in [-0.4, -0.2) is 0 Å². The predicted molar refractivity (Wildman–Crippen MR) is 85.6 cm³/mol. The highest BCUT2D eigenvalue weighted by Crippen LogP contribution is 2.39. The molecule has 0 aliphatic rings. The molecule has 0 atom stereocenters. The molecule has 0 saturated heterocycles. The van der Waals surface area contributed by atoms with Gasteiger partial charge in [-0.3, -0.25) is 0 Å². The van der Waals surface area contributed by atoms with Crippen molar-refractivity contribution in [3.8, 4) is 11.1 Å². The molecule has 0 radical (unpaired) electrons. The maximum absolute atomic E-state index is 13.3. The van der Waals surface area contributed by atoms with Crippen LogP contribution in [0.15, 0.2) is 30.3 Å². The van der Waals surface area contributed by atoms with Crippen molar-refractivity contribution < 1.29 is 13.2 Å². The van der Waals surface area contributed by atoms with Gasteiger partial charge in [-0.25, -0.2) is 0 Å². The number of halogens is 5. The highest BCUT2D eigenvalue weighted by atomic mass is 35.5. The second-order valence-corrected chi connectivity index (χ2v) is 6.04. The summed E-state index contributed by atoms with van der Waals surface area (Å²) in [7, 11) is 0. The summed E-state index contributed by atoms with van der Waals surface area (Å²) in [6.45, 7) is 3.65. The Balaban J connectivity index is 2.67. The van der Waals surface area contributed by atoms with Gasteiger partial charge in [0, 0.05) is 15.6 Å².